The van der Waals surface area contributed by atoms with Crippen molar-refractivity contribution in [3.63, 3.8) is 0 Å². The number of para-hydroxylation sites is 1. The van der Waals surface area contributed by atoms with Gasteiger partial charge >= 0.3 is 12.1 Å². The highest BCUT2D eigenvalue weighted by Gasteiger charge is 2.32. The van der Waals surface area contributed by atoms with E-state index < -0.39 is 17.7 Å². The molecular weight excluding hydrogens is 521 g/mol. The van der Waals surface area contributed by atoms with Crippen molar-refractivity contribution in [2.45, 2.75) is 26.4 Å². The van der Waals surface area contributed by atoms with Crippen LogP contribution in [0.5, 0.6) is 11.6 Å². The van der Waals surface area contributed by atoms with Crippen molar-refractivity contribution in [1.82, 2.24) is 4.57 Å². The molecule has 5 rings (SSSR count). The maximum atomic E-state index is 13.6. The number of allylic oxidation sites excluding steroid dienone is 4. The molecule has 1 aromatic heterocycles. The van der Waals surface area contributed by atoms with E-state index in [1.807, 2.05) is 19.9 Å². The summed E-state index contributed by atoms with van der Waals surface area (Å²) >= 11 is 0. The number of carboxylic acid groups (broad SMARTS) is 1. The summed E-state index contributed by atoms with van der Waals surface area (Å²) in [5.74, 6) is -1.47. The van der Waals surface area contributed by atoms with Crippen molar-refractivity contribution < 1.29 is 33.3 Å². The molecule has 0 spiro atoms. The minimum atomic E-state index is -4.57. The number of aromatic carboxylic acids is 1. The minimum absolute atomic E-state index is 0.0539. The Hall–Kier alpha value is -4.79. The highest BCUT2D eigenvalue weighted by Crippen LogP contribution is 2.41. The number of fused-ring (bicyclic) bond motifs is 1. The third-order valence-electron chi connectivity index (χ3n) is 6.84. The Balaban J connectivity index is 1.64. The lowest BCUT2D eigenvalue weighted by Crippen LogP contribution is -2.07. The zero-order valence-corrected chi connectivity index (χ0v) is 21.6. The molecule has 3 aromatic carbocycles. The maximum absolute atomic E-state index is 13.6. The topological polar surface area (TPSA) is 95.0 Å². The molecule has 1 heterocycles. The van der Waals surface area contributed by atoms with Gasteiger partial charge in [0, 0.05) is 22.9 Å². The van der Waals surface area contributed by atoms with Crippen LogP contribution in [0.15, 0.2) is 83.4 Å². The van der Waals surface area contributed by atoms with Gasteiger partial charge in [-0.3, -0.25) is 9.56 Å². The number of halogens is 3. The van der Waals surface area contributed by atoms with E-state index in [4.69, 9.17) is 0 Å². The number of aromatic hydroxyl groups is 2. The van der Waals surface area contributed by atoms with Crippen LogP contribution < -0.4 is 0 Å². The number of aromatic nitrogens is 1. The van der Waals surface area contributed by atoms with E-state index >= 15 is 0 Å². The Kier molecular flexibility index (Phi) is 6.75. The van der Waals surface area contributed by atoms with Gasteiger partial charge < -0.3 is 15.3 Å². The first-order valence-electron chi connectivity index (χ1n) is 12.5. The zero-order chi connectivity index (χ0) is 28.8. The summed E-state index contributed by atoms with van der Waals surface area (Å²) in [7, 11) is 0. The molecule has 0 radical (unpaired) electrons. The summed E-state index contributed by atoms with van der Waals surface area (Å²) in [6.45, 7) is 3.88. The van der Waals surface area contributed by atoms with E-state index in [1.54, 1.807) is 24.3 Å². The van der Waals surface area contributed by atoms with Crippen LogP contribution in [0.4, 0.5) is 18.9 Å². The Morgan fingerprint density at radius 2 is 1.82 bits per heavy atom. The molecule has 0 amide bonds. The fourth-order valence-electron chi connectivity index (χ4n) is 5.08. The number of carboxylic acids is 1. The number of phenolic OH excluding ortho intramolecular Hbond substituents is 1. The fraction of sp³-hybridized carbons (Fsp3) is 0.161. The van der Waals surface area contributed by atoms with E-state index in [9.17, 15) is 33.3 Å². The number of rotatable bonds is 5. The smallest absolute Gasteiger partial charge is 0.416 e. The fourth-order valence-corrected chi connectivity index (χ4v) is 5.08. The van der Waals surface area contributed by atoms with Crippen LogP contribution in [-0.2, 0) is 6.18 Å². The molecule has 1 unspecified atom stereocenters. The lowest BCUT2D eigenvalue weighted by molar-refractivity contribution is -0.137. The van der Waals surface area contributed by atoms with Gasteiger partial charge in [-0.2, -0.15) is 13.2 Å². The van der Waals surface area contributed by atoms with Crippen molar-refractivity contribution in [2.75, 3.05) is 0 Å². The molecule has 0 aliphatic heterocycles. The maximum Gasteiger partial charge on any atom is 0.416 e. The minimum Gasteiger partial charge on any atom is -0.505 e. The van der Waals surface area contributed by atoms with Gasteiger partial charge in [0.1, 0.15) is 11.4 Å². The number of alkyl halides is 3. The van der Waals surface area contributed by atoms with Crippen LogP contribution in [0, 0.1) is 5.92 Å². The van der Waals surface area contributed by atoms with Crippen LogP contribution >= 0.6 is 0 Å². The predicted octanol–water partition coefficient (Wildman–Crippen LogP) is 8.01. The summed E-state index contributed by atoms with van der Waals surface area (Å²) in [6, 6.07) is 14.1. The first-order chi connectivity index (χ1) is 18.9. The Morgan fingerprint density at radius 1 is 1.07 bits per heavy atom. The van der Waals surface area contributed by atoms with Crippen LogP contribution in [0.25, 0.3) is 27.7 Å². The number of nitrogens with zero attached hydrogens (tertiary/aromatic N) is 2. The first-order valence-corrected chi connectivity index (χ1v) is 12.5. The van der Waals surface area contributed by atoms with Crippen LogP contribution in [-0.4, -0.2) is 32.1 Å². The van der Waals surface area contributed by atoms with E-state index in [1.165, 1.54) is 35.0 Å². The summed E-state index contributed by atoms with van der Waals surface area (Å²) in [4.78, 5) is 15.8. The second kappa shape index (κ2) is 10.1. The van der Waals surface area contributed by atoms with Gasteiger partial charge in [-0.05, 0) is 61.2 Å². The van der Waals surface area contributed by atoms with Crippen LogP contribution in [0.3, 0.4) is 0 Å². The van der Waals surface area contributed by atoms with E-state index in [0.29, 0.717) is 28.6 Å². The monoisotopic (exact) mass is 546 g/mol. The summed E-state index contributed by atoms with van der Waals surface area (Å²) in [6.07, 6.45) is 1.14. The molecule has 40 heavy (non-hydrogen) atoms. The normalized spacial score (nSPS) is 15.9. The average molecular weight is 547 g/mol. The number of hydrogen-bond donors (Lipinski definition) is 3. The summed E-state index contributed by atoms with van der Waals surface area (Å²) in [5.41, 5.74) is 2.13. The third-order valence-corrected chi connectivity index (χ3v) is 6.84. The van der Waals surface area contributed by atoms with Crippen molar-refractivity contribution >= 4 is 34.5 Å². The third kappa shape index (κ3) is 4.98. The number of hydrogen-bond acceptors (Lipinski definition) is 4. The largest absolute Gasteiger partial charge is 0.505 e. The van der Waals surface area contributed by atoms with Crippen molar-refractivity contribution in [3.05, 3.63) is 95.1 Å². The van der Waals surface area contributed by atoms with Crippen molar-refractivity contribution in [2.24, 2.45) is 10.9 Å². The highest BCUT2D eigenvalue weighted by atomic mass is 19.4. The Labute approximate surface area is 227 Å². The average Bonchev–Trinajstić information content (AvgIpc) is 3.17. The molecule has 9 heteroatoms. The molecule has 4 aromatic rings. The molecule has 0 fully saturated rings. The standard InChI is InChI=1S/C31H25F3N2O4/c1-17-11-18(2)13-22(12-17)36-27-15-21(31(32,33)34)9-10-24(27)25(29(36)38)16-35-26-8-4-7-23(28(26)37)19-5-3-6-20(14-19)30(39)40/h3-12,14-16,18,37-38H,13H2,1-2H3,(H,39,40). The van der Waals surface area contributed by atoms with E-state index in [-0.39, 0.29) is 39.9 Å². The number of benzene rings is 3. The van der Waals surface area contributed by atoms with Crippen LogP contribution in [0.2, 0.25) is 0 Å². The quantitative estimate of drug-likeness (QED) is 0.221. The summed E-state index contributed by atoms with van der Waals surface area (Å²) in [5, 5.41) is 31.9. The predicted molar refractivity (Wildman–Crippen MR) is 148 cm³/mol. The Morgan fingerprint density at radius 3 is 2.52 bits per heavy atom. The van der Waals surface area contributed by atoms with Gasteiger partial charge in [0.25, 0.3) is 0 Å². The van der Waals surface area contributed by atoms with Crippen molar-refractivity contribution in [1.29, 1.82) is 0 Å². The highest BCUT2D eigenvalue weighted by molar-refractivity contribution is 6.05. The second-order valence-corrected chi connectivity index (χ2v) is 9.85. The molecule has 1 atom stereocenters. The van der Waals surface area contributed by atoms with Gasteiger partial charge in [0.15, 0.2) is 0 Å². The first kappa shape index (κ1) is 26.8. The second-order valence-electron chi connectivity index (χ2n) is 9.85. The molecule has 0 saturated heterocycles. The lowest BCUT2D eigenvalue weighted by atomic mass is 9.96. The zero-order valence-electron chi connectivity index (χ0n) is 21.6. The molecule has 6 nitrogen and oxygen atoms in total. The molecule has 204 valence electrons. The van der Waals surface area contributed by atoms with Crippen LogP contribution in [0.1, 0.15) is 41.8 Å². The molecule has 3 N–H and O–H groups in total. The number of carbonyl (C=O) groups is 1. The Bertz CT molecular complexity index is 1750. The van der Waals surface area contributed by atoms with E-state index in [0.717, 1.165) is 17.7 Å². The molecule has 0 saturated carbocycles. The molecule has 0 bridgehead atoms. The SMILES string of the molecule is CC1=CC(C)CC(n2c(O)c(C=Nc3cccc(-c4cccc(C(=O)O)c4)c3O)c3ccc(C(F)(F)F)cc32)=C1. The van der Waals surface area contributed by atoms with Gasteiger partial charge in [-0.15, -0.1) is 0 Å². The summed E-state index contributed by atoms with van der Waals surface area (Å²) < 4.78 is 42.2. The van der Waals surface area contributed by atoms with Crippen molar-refractivity contribution in [3.8, 4) is 22.8 Å². The number of aliphatic imine (C=N–C) groups is 1. The number of phenols is 1. The molecule has 1 aliphatic rings. The van der Waals surface area contributed by atoms with Gasteiger partial charge in [-0.25, -0.2) is 4.79 Å². The van der Waals surface area contributed by atoms with Gasteiger partial charge in [-0.1, -0.05) is 48.9 Å². The van der Waals surface area contributed by atoms with Gasteiger partial charge in [0.2, 0.25) is 5.88 Å². The van der Waals surface area contributed by atoms with Gasteiger partial charge in [0.05, 0.1) is 22.2 Å². The molecule has 1 aliphatic carbocycles. The van der Waals surface area contributed by atoms with E-state index in [2.05, 4.69) is 11.1 Å². The lowest BCUT2D eigenvalue weighted by Gasteiger charge is -2.20. The molecular formula is C31H25F3N2O4.